The van der Waals surface area contributed by atoms with Gasteiger partial charge in [0.2, 0.25) is 11.8 Å². The molecule has 0 saturated carbocycles. The van der Waals surface area contributed by atoms with E-state index in [4.69, 9.17) is 9.11 Å². The zero-order valence-corrected chi connectivity index (χ0v) is 12.1. The van der Waals surface area contributed by atoms with E-state index < -0.39 is 36.5 Å². The third-order valence-corrected chi connectivity index (χ3v) is 4.63. The molecule has 1 fully saturated rings. The van der Waals surface area contributed by atoms with Gasteiger partial charge >= 0.3 is 20.2 Å². The summed E-state index contributed by atoms with van der Waals surface area (Å²) in [6, 6.07) is 0. The topological polar surface area (TPSA) is 133 Å². The second kappa shape index (κ2) is 6.43. The van der Waals surface area contributed by atoms with E-state index in [2.05, 4.69) is 10.6 Å². The van der Waals surface area contributed by atoms with Crippen molar-refractivity contribution in [2.75, 3.05) is 51.0 Å². The maximum Gasteiger partial charge on any atom is 0.316 e. The Hall–Kier alpha value is -0.300. The minimum Gasteiger partial charge on any atom is -0.310 e. The van der Waals surface area contributed by atoms with Crippen LogP contribution in [0.2, 0.25) is 0 Å². The Balaban J connectivity index is 2.98. The van der Waals surface area contributed by atoms with E-state index in [0.29, 0.717) is 26.2 Å². The summed E-state index contributed by atoms with van der Waals surface area (Å²) in [6.45, 7) is 2.51. The Kier molecular flexibility index (Phi) is 5.67. The minimum absolute atomic E-state index is 0.182. The van der Waals surface area contributed by atoms with E-state index in [1.54, 1.807) is 0 Å². The number of rotatable bonds is 4. The molecule has 0 aromatic carbocycles. The molecule has 1 saturated heterocycles. The first-order chi connectivity index (χ1) is 8.62. The molecule has 11 heteroatoms. The van der Waals surface area contributed by atoms with Gasteiger partial charge in [-0.3, -0.25) is 13.6 Å². The van der Waals surface area contributed by atoms with Crippen LogP contribution in [0.4, 0.5) is 0 Å². The van der Waals surface area contributed by atoms with Crippen molar-refractivity contribution in [3.8, 4) is 0 Å². The average molecular weight is 318 g/mol. The van der Waals surface area contributed by atoms with Gasteiger partial charge in [0, 0.05) is 26.2 Å². The number of nitrogens with one attached hydrogen (secondary N) is 2. The zero-order valence-electron chi connectivity index (χ0n) is 10.4. The van der Waals surface area contributed by atoms with Crippen molar-refractivity contribution in [1.29, 1.82) is 0 Å². The summed E-state index contributed by atoms with van der Waals surface area (Å²) in [5.74, 6) is -1.48. The second-order valence-electron chi connectivity index (χ2n) is 4.71. The first kappa shape index (κ1) is 16.8. The van der Waals surface area contributed by atoms with E-state index in [1.807, 2.05) is 0 Å². The summed E-state index contributed by atoms with van der Waals surface area (Å²) in [5, 5.41) is 6.04. The lowest BCUT2D eigenvalue weighted by Crippen LogP contribution is -2.57. The fourth-order valence-electron chi connectivity index (χ4n) is 2.16. The lowest BCUT2D eigenvalue weighted by atomic mass is 10.4. The van der Waals surface area contributed by atoms with Gasteiger partial charge in [0.25, 0.3) is 0 Å². The average Bonchev–Trinajstić information content (AvgIpc) is 2.25. The molecule has 19 heavy (non-hydrogen) atoms. The van der Waals surface area contributed by atoms with Crippen molar-refractivity contribution in [2.45, 2.75) is 0 Å². The van der Waals surface area contributed by atoms with Gasteiger partial charge in [-0.25, -0.2) is 0 Å². The van der Waals surface area contributed by atoms with E-state index in [9.17, 15) is 16.8 Å². The standard InChI is InChI=1S/C8H19N3O6S2/c12-18(13,14)7-11(8-19(15,16)17)5-3-9-1-2-10-4-6-11/h9-10H,1-8H2,(H-,12,13,14,15,16,17)/p+1. The highest BCUT2D eigenvalue weighted by molar-refractivity contribution is 7.86. The summed E-state index contributed by atoms with van der Waals surface area (Å²) in [5.41, 5.74) is 0. The van der Waals surface area contributed by atoms with Crippen molar-refractivity contribution in [3.63, 3.8) is 0 Å². The maximum atomic E-state index is 11.1. The molecule has 9 nitrogen and oxygen atoms in total. The monoisotopic (exact) mass is 318 g/mol. The fraction of sp³-hybridized carbons (Fsp3) is 1.00. The van der Waals surface area contributed by atoms with Gasteiger partial charge in [0.1, 0.15) is 0 Å². The van der Waals surface area contributed by atoms with Gasteiger partial charge in [-0.05, 0) is 0 Å². The third-order valence-electron chi connectivity index (χ3n) is 2.88. The lowest BCUT2D eigenvalue weighted by Gasteiger charge is -2.35. The van der Waals surface area contributed by atoms with Crippen LogP contribution in [0.15, 0.2) is 0 Å². The largest absolute Gasteiger partial charge is 0.316 e. The van der Waals surface area contributed by atoms with Crippen LogP contribution in [0.3, 0.4) is 0 Å². The van der Waals surface area contributed by atoms with Gasteiger partial charge in [-0.2, -0.15) is 16.8 Å². The molecule has 0 atom stereocenters. The molecule has 0 spiro atoms. The predicted molar refractivity (Wildman–Crippen MR) is 68.6 cm³/mol. The van der Waals surface area contributed by atoms with E-state index in [0.717, 1.165) is 0 Å². The maximum absolute atomic E-state index is 11.1. The molecule has 0 radical (unpaired) electrons. The van der Waals surface area contributed by atoms with Crippen LogP contribution >= 0.6 is 0 Å². The highest BCUT2D eigenvalue weighted by Gasteiger charge is 2.36. The number of nitrogens with zero attached hydrogens (tertiary/aromatic N) is 1. The van der Waals surface area contributed by atoms with Crippen molar-refractivity contribution in [3.05, 3.63) is 0 Å². The van der Waals surface area contributed by atoms with Gasteiger partial charge < -0.3 is 10.6 Å². The Bertz CT molecular complexity index is 443. The van der Waals surface area contributed by atoms with E-state index >= 15 is 0 Å². The summed E-state index contributed by atoms with van der Waals surface area (Å²) in [6.07, 6.45) is 0. The normalized spacial score (nSPS) is 22.2. The second-order valence-corrected chi connectivity index (χ2v) is 7.55. The molecule has 114 valence electrons. The Labute approximate surface area is 113 Å². The molecule has 1 aliphatic rings. The van der Waals surface area contributed by atoms with Crippen LogP contribution in [0.1, 0.15) is 0 Å². The molecular formula is C8H20N3O6S2+. The molecule has 0 bridgehead atoms. The lowest BCUT2D eigenvalue weighted by molar-refractivity contribution is -0.904. The minimum atomic E-state index is -4.35. The summed E-state index contributed by atoms with van der Waals surface area (Å²) in [4.78, 5) is 0. The molecule has 1 rings (SSSR count). The number of hydrogen-bond donors (Lipinski definition) is 4. The first-order valence-corrected chi connectivity index (χ1v) is 9.01. The molecule has 4 N–H and O–H groups in total. The van der Waals surface area contributed by atoms with Crippen molar-refractivity contribution in [2.24, 2.45) is 0 Å². The molecule has 0 aromatic heterocycles. The first-order valence-electron chi connectivity index (χ1n) is 5.79. The van der Waals surface area contributed by atoms with Crippen molar-refractivity contribution >= 4 is 20.2 Å². The van der Waals surface area contributed by atoms with Crippen LogP contribution < -0.4 is 10.6 Å². The zero-order chi connectivity index (χ0) is 14.6. The van der Waals surface area contributed by atoms with Gasteiger partial charge in [-0.1, -0.05) is 0 Å². The SMILES string of the molecule is O=S(=O)(O)C[N+]1(CS(=O)(=O)O)CCNCCNCC1. The Morgan fingerprint density at radius 3 is 1.47 bits per heavy atom. The summed E-state index contributed by atoms with van der Waals surface area (Å²) < 4.78 is 62.0. The molecule has 0 aliphatic carbocycles. The van der Waals surface area contributed by atoms with Gasteiger partial charge in [-0.15, -0.1) is 0 Å². The number of quaternary nitrogens is 1. The van der Waals surface area contributed by atoms with Crippen molar-refractivity contribution < 1.29 is 30.4 Å². The number of hydrogen-bond acceptors (Lipinski definition) is 6. The van der Waals surface area contributed by atoms with Crippen LogP contribution in [-0.4, -0.2) is 81.4 Å². The highest BCUT2D eigenvalue weighted by atomic mass is 32.2. The summed E-state index contributed by atoms with van der Waals surface area (Å²) >= 11 is 0. The highest BCUT2D eigenvalue weighted by Crippen LogP contribution is 2.11. The van der Waals surface area contributed by atoms with E-state index in [1.165, 1.54) is 0 Å². The summed E-state index contributed by atoms with van der Waals surface area (Å²) in [7, 11) is -8.71. The van der Waals surface area contributed by atoms with Crippen LogP contribution in [-0.2, 0) is 20.2 Å². The van der Waals surface area contributed by atoms with Crippen LogP contribution in [0.5, 0.6) is 0 Å². The molecular weight excluding hydrogens is 298 g/mol. The van der Waals surface area contributed by atoms with Crippen LogP contribution in [0, 0.1) is 0 Å². The molecule has 0 amide bonds. The Morgan fingerprint density at radius 1 is 0.789 bits per heavy atom. The quantitative estimate of drug-likeness (QED) is 0.336. The predicted octanol–water partition coefficient (Wildman–Crippen LogP) is -2.31. The third kappa shape index (κ3) is 7.15. The smallest absolute Gasteiger partial charge is 0.310 e. The molecule has 0 unspecified atom stereocenters. The fourth-order valence-corrected chi connectivity index (χ4v) is 4.36. The van der Waals surface area contributed by atoms with Gasteiger partial charge in [0.15, 0.2) is 0 Å². The molecule has 1 heterocycles. The van der Waals surface area contributed by atoms with Crippen molar-refractivity contribution in [1.82, 2.24) is 10.6 Å². The van der Waals surface area contributed by atoms with E-state index in [-0.39, 0.29) is 13.1 Å². The van der Waals surface area contributed by atoms with Crippen LogP contribution in [0.25, 0.3) is 0 Å². The Morgan fingerprint density at radius 2 is 1.16 bits per heavy atom. The van der Waals surface area contributed by atoms with Gasteiger partial charge in [0.05, 0.1) is 13.1 Å². The molecule has 1 aliphatic heterocycles. The molecule has 0 aromatic rings.